The first-order valence-electron chi connectivity index (χ1n) is 7.10. The largest absolute Gasteiger partial charge is 0.392 e. The van der Waals surface area contributed by atoms with E-state index in [1.807, 2.05) is 24.5 Å². The van der Waals surface area contributed by atoms with Gasteiger partial charge in [-0.05, 0) is 19.4 Å². The number of nitrogens with two attached hydrogens (primary N) is 1. The zero-order valence-electron chi connectivity index (χ0n) is 12.9. The van der Waals surface area contributed by atoms with E-state index in [1.165, 1.54) is 6.33 Å². The normalized spacial score (nSPS) is 28.5. The molecule has 1 radical (unpaired) electrons. The van der Waals surface area contributed by atoms with Crippen molar-refractivity contribution >= 4 is 17.0 Å². The van der Waals surface area contributed by atoms with E-state index in [2.05, 4.69) is 15.0 Å². The number of hydrogen-bond donors (Lipinski definition) is 2. The van der Waals surface area contributed by atoms with Crippen molar-refractivity contribution in [2.75, 3.05) is 12.3 Å². The van der Waals surface area contributed by atoms with E-state index in [1.54, 1.807) is 6.33 Å². The molecule has 2 aliphatic rings. The standard InChI is InChI=1S/C14H17N5O3.Y/c1-14(2)21-10-7(4-20)3-8(11(10)22-14)19-6-18-9-12(15)16-5-17-13(9)19;/h3,5-6,8,10-11,20H,4H2,1-2H3,(H2,15,16,17);/t8-,10?,11?;/m1./s1. The third-order valence-electron chi connectivity index (χ3n) is 4.11. The van der Waals surface area contributed by atoms with Crippen molar-refractivity contribution in [3.8, 4) is 0 Å². The Morgan fingerprint density at radius 3 is 2.83 bits per heavy atom. The summed E-state index contributed by atoms with van der Waals surface area (Å²) in [6.45, 7) is 3.66. The van der Waals surface area contributed by atoms with Gasteiger partial charge in [0.25, 0.3) is 0 Å². The van der Waals surface area contributed by atoms with Crippen molar-refractivity contribution in [3.63, 3.8) is 0 Å². The quantitative estimate of drug-likeness (QED) is 0.713. The molecule has 3 atom stereocenters. The van der Waals surface area contributed by atoms with Crippen molar-refractivity contribution in [2.45, 2.75) is 37.9 Å². The fourth-order valence-corrected chi connectivity index (χ4v) is 3.20. The second-order valence-corrected chi connectivity index (χ2v) is 5.99. The fraction of sp³-hybridized carbons (Fsp3) is 0.500. The van der Waals surface area contributed by atoms with Gasteiger partial charge in [-0.2, -0.15) is 0 Å². The van der Waals surface area contributed by atoms with E-state index in [-0.39, 0.29) is 57.6 Å². The maximum Gasteiger partial charge on any atom is 0.166 e. The van der Waals surface area contributed by atoms with Gasteiger partial charge in [-0.3, -0.25) is 0 Å². The minimum atomic E-state index is -0.688. The first-order valence-corrected chi connectivity index (χ1v) is 7.10. The molecule has 2 aromatic heterocycles. The number of imidazole rings is 1. The molecular formula is C14H17N5O3Y. The number of rotatable bonds is 2. The van der Waals surface area contributed by atoms with Crippen molar-refractivity contribution < 1.29 is 47.3 Å². The van der Waals surface area contributed by atoms with Gasteiger partial charge >= 0.3 is 0 Å². The summed E-state index contributed by atoms with van der Waals surface area (Å²) in [5, 5.41) is 9.58. The summed E-state index contributed by atoms with van der Waals surface area (Å²) in [4.78, 5) is 12.5. The SMILES string of the molecule is CC1(C)OC2C(CO)=C[C@@H](n3cnc4c(N)ncnc43)C2O1.[Y]. The molecule has 1 aliphatic carbocycles. The fourth-order valence-electron chi connectivity index (χ4n) is 3.20. The van der Waals surface area contributed by atoms with Crippen LogP contribution in [0.3, 0.4) is 0 Å². The number of hydrogen-bond acceptors (Lipinski definition) is 7. The minimum absolute atomic E-state index is 0. The summed E-state index contributed by atoms with van der Waals surface area (Å²) in [5.74, 6) is -0.347. The van der Waals surface area contributed by atoms with Gasteiger partial charge in [0.1, 0.15) is 24.1 Å². The maximum atomic E-state index is 9.58. The van der Waals surface area contributed by atoms with E-state index in [0.29, 0.717) is 17.0 Å². The number of ether oxygens (including phenoxy) is 2. The number of nitrogens with zero attached hydrogens (tertiary/aromatic N) is 4. The predicted molar refractivity (Wildman–Crippen MR) is 77.8 cm³/mol. The minimum Gasteiger partial charge on any atom is -0.392 e. The van der Waals surface area contributed by atoms with E-state index in [4.69, 9.17) is 15.2 Å². The predicted octanol–water partition coefficient (Wildman–Crippen LogP) is 0.399. The second-order valence-electron chi connectivity index (χ2n) is 5.99. The molecule has 119 valence electrons. The van der Waals surface area contributed by atoms with Gasteiger partial charge < -0.3 is 24.9 Å². The Hall–Kier alpha value is -0.926. The number of anilines is 1. The summed E-state index contributed by atoms with van der Waals surface area (Å²) in [6.07, 6.45) is 4.54. The molecule has 3 N–H and O–H groups in total. The Bertz CT molecular complexity index is 775. The second kappa shape index (κ2) is 5.86. The molecule has 0 spiro atoms. The van der Waals surface area contributed by atoms with E-state index >= 15 is 0 Å². The van der Waals surface area contributed by atoms with Crippen molar-refractivity contribution in [1.29, 1.82) is 0 Å². The summed E-state index contributed by atoms with van der Waals surface area (Å²) in [7, 11) is 0. The Morgan fingerprint density at radius 2 is 2.09 bits per heavy atom. The van der Waals surface area contributed by atoms with Gasteiger partial charge in [-0.15, -0.1) is 0 Å². The van der Waals surface area contributed by atoms with Crippen molar-refractivity contribution in [3.05, 3.63) is 24.3 Å². The molecule has 0 saturated carbocycles. The van der Waals surface area contributed by atoms with Crippen LogP contribution in [0, 0.1) is 0 Å². The molecule has 8 nitrogen and oxygen atoms in total. The van der Waals surface area contributed by atoms with Gasteiger partial charge in [0, 0.05) is 32.7 Å². The van der Waals surface area contributed by atoms with E-state index < -0.39 is 5.79 Å². The van der Waals surface area contributed by atoms with Gasteiger partial charge in [-0.25, -0.2) is 15.0 Å². The average molecular weight is 392 g/mol. The smallest absolute Gasteiger partial charge is 0.166 e. The first kappa shape index (κ1) is 16.9. The third kappa shape index (κ3) is 2.62. The number of fused-ring (bicyclic) bond motifs is 2. The molecule has 0 aromatic carbocycles. The molecule has 0 bridgehead atoms. The summed E-state index contributed by atoms with van der Waals surface area (Å²) < 4.78 is 13.8. The van der Waals surface area contributed by atoms with Crippen molar-refractivity contribution in [2.24, 2.45) is 0 Å². The van der Waals surface area contributed by atoms with E-state index in [0.717, 1.165) is 5.57 Å². The maximum absolute atomic E-state index is 9.58. The molecule has 2 unspecified atom stereocenters. The molecule has 0 amide bonds. The topological polar surface area (TPSA) is 108 Å². The average Bonchev–Trinajstić information content (AvgIpc) is 3.10. The molecule has 1 aliphatic heterocycles. The third-order valence-corrected chi connectivity index (χ3v) is 4.11. The zero-order valence-corrected chi connectivity index (χ0v) is 15.7. The Labute approximate surface area is 158 Å². The summed E-state index contributed by atoms with van der Waals surface area (Å²) >= 11 is 0. The monoisotopic (exact) mass is 392 g/mol. The van der Waals surface area contributed by atoms with Crippen LogP contribution in [0.15, 0.2) is 24.3 Å². The van der Waals surface area contributed by atoms with Crippen LogP contribution in [0.2, 0.25) is 0 Å². The molecule has 2 aromatic rings. The van der Waals surface area contributed by atoms with Crippen LogP contribution in [-0.2, 0) is 42.2 Å². The number of nitrogen functional groups attached to an aromatic ring is 1. The number of aliphatic hydroxyl groups is 1. The Morgan fingerprint density at radius 1 is 1.30 bits per heavy atom. The molecule has 1 fully saturated rings. The van der Waals surface area contributed by atoms with Gasteiger partial charge in [0.15, 0.2) is 17.3 Å². The molecule has 1 saturated heterocycles. The number of aliphatic hydroxyl groups excluding tert-OH is 1. The van der Waals surface area contributed by atoms with Gasteiger partial charge in [-0.1, -0.05) is 6.08 Å². The van der Waals surface area contributed by atoms with Crippen LogP contribution in [-0.4, -0.2) is 49.2 Å². The van der Waals surface area contributed by atoms with Gasteiger partial charge in [0.05, 0.1) is 19.0 Å². The molecule has 9 heteroatoms. The van der Waals surface area contributed by atoms with Crippen LogP contribution in [0.25, 0.3) is 11.2 Å². The Balaban J connectivity index is 0.00000156. The molecule has 3 heterocycles. The van der Waals surface area contributed by atoms with Crippen LogP contribution in [0.1, 0.15) is 19.9 Å². The zero-order chi connectivity index (χ0) is 15.5. The Kier molecular flexibility index (Phi) is 4.31. The summed E-state index contributed by atoms with van der Waals surface area (Å²) in [6, 6.07) is -0.159. The van der Waals surface area contributed by atoms with Crippen molar-refractivity contribution in [1.82, 2.24) is 19.5 Å². The van der Waals surface area contributed by atoms with Crippen LogP contribution in [0.5, 0.6) is 0 Å². The van der Waals surface area contributed by atoms with Crippen LogP contribution >= 0.6 is 0 Å². The van der Waals surface area contributed by atoms with Crippen LogP contribution < -0.4 is 5.73 Å². The number of aromatic nitrogens is 4. The van der Waals surface area contributed by atoms with Crippen LogP contribution in [0.4, 0.5) is 5.82 Å². The molecule has 23 heavy (non-hydrogen) atoms. The molecule has 4 rings (SSSR count). The summed E-state index contributed by atoms with van der Waals surface area (Å²) in [5.41, 5.74) is 7.84. The first-order chi connectivity index (χ1) is 10.5. The van der Waals surface area contributed by atoms with E-state index in [9.17, 15) is 5.11 Å². The van der Waals surface area contributed by atoms with Gasteiger partial charge in [0.2, 0.25) is 0 Å². The molecular weight excluding hydrogens is 375 g/mol.